The topological polar surface area (TPSA) is 81.0 Å². The minimum atomic E-state index is -1.04. The van der Waals surface area contributed by atoms with Crippen LogP contribution < -0.4 is 4.74 Å². The van der Waals surface area contributed by atoms with Crippen molar-refractivity contribution in [2.45, 2.75) is 24.8 Å². The number of carbonyl (C=O) groups is 1. The number of fused-ring (bicyclic) bond motifs is 1. The average molecular weight is 582 g/mol. The second-order valence-corrected chi connectivity index (χ2v) is 11.4. The van der Waals surface area contributed by atoms with Crippen molar-refractivity contribution >= 4 is 57.5 Å². The van der Waals surface area contributed by atoms with Crippen LogP contribution in [0, 0.1) is 11.8 Å². The maximum absolute atomic E-state index is 11.2. The standard InChI is InChI=1S/C30H26Cl2N2O4S/c1-17(2)28-22(27(34-38-28)16-39-29-23(31)4-3-5-24(29)32)15-37-21-10-6-18(7-11-21)19-8-12-25-20(14-19)9-13-26(33-25)30(35)36/h3-14,17,22,28H,15-16H2,1-2H3,(H,35,36). The van der Waals surface area contributed by atoms with E-state index in [2.05, 4.69) is 24.0 Å². The Labute approximate surface area is 240 Å². The number of ether oxygens (including phenoxy) is 1. The molecule has 0 spiro atoms. The van der Waals surface area contributed by atoms with Crippen LogP contribution in [0.1, 0.15) is 24.3 Å². The minimum Gasteiger partial charge on any atom is -0.493 e. The van der Waals surface area contributed by atoms with E-state index in [1.54, 1.807) is 17.8 Å². The summed E-state index contributed by atoms with van der Waals surface area (Å²) >= 11 is 14.2. The van der Waals surface area contributed by atoms with Crippen LogP contribution in [0.3, 0.4) is 0 Å². The van der Waals surface area contributed by atoms with Crippen LogP contribution in [0.2, 0.25) is 10.0 Å². The first-order valence-electron chi connectivity index (χ1n) is 12.5. The summed E-state index contributed by atoms with van der Waals surface area (Å²) in [6.45, 7) is 4.67. The molecule has 200 valence electrons. The van der Waals surface area contributed by atoms with Crippen molar-refractivity contribution in [1.82, 2.24) is 4.98 Å². The predicted octanol–water partition coefficient (Wildman–Crippen LogP) is 8.10. The molecule has 0 saturated heterocycles. The Balaban J connectivity index is 1.26. The van der Waals surface area contributed by atoms with Gasteiger partial charge in [0.05, 0.1) is 27.2 Å². The van der Waals surface area contributed by atoms with Gasteiger partial charge in [0.2, 0.25) is 0 Å². The van der Waals surface area contributed by atoms with Crippen LogP contribution in [0.4, 0.5) is 0 Å². The highest BCUT2D eigenvalue weighted by atomic mass is 35.5. The Bertz CT molecular complexity index is 1520. The first-order chi connectivity index (χ1) is 18.8. The number of hydrogen-bond acceptors (Lipinski definition) is 6. The Morgan fingerprint density at radius 1 is 1.03 bits per heavy atom. The van der Waals surface area contributed by atoms with Crippen LogP contribution in [0.5, 0.6) is 5.75 Å². The van der Waals surface area contributed by atoms with Gasteiger partial charge in [0.1, 0.15) is 24.2 Å². The lowest BCUT2D eigenvalue weighted by atomic mass is 9.91. The quantitative estimate of drug-likeness (QED) is 0.201. The Kier molecular flexibility index (Phi) is 8.31. The van der Waals surface area contributed by atoms with Crippen molar-refractivity contribution in [3.63, 3.8) is 0 Å². The zero-order valence-corrected chi connectivity index (χ0v) is 23.6. The molecule has 0 radical (unpaired) electrons. The highest BCUT2D eigenvalue weighted by Crippen LogP contribution is 2.36. The van der Waals surface area contributed by atoms with E-state index in [0.29, 0.717) is 27.9 Å². The smallest absolute Gasteiger partial charge is 0.354 e. The molecule has 0 saturated carbocycles. The van der Waals surface area contributed by atoms with Crippen molar-refractivity contribution in [2.24, 2.45) is 17.0 Å². The summed E-state index contributed by atoms with van der Waals surface area (Å²) in [7, 11) is 0. The van der Waals surface area contributed by atoms with E-state index in [-0.39, 0.29) is 23.6 Å². The van der Waals surface area contributed by atoms with Crippen molar-refractivity contribution in [3.8, 4) is 16.9 Å². The van der Waals surface area contributed by atoms with Crippen LogP contribution in [-0.2, 0) is 4.84 Å². The molecule has 2 unspecified atom stereocenters. The molecule has 1 aromatic heterocycles. The molecule has 3 aromatic carbocycles. The zero-order chi connectivity index (χ0) is 27.5. The molecule has 0 amide bonds. The van der Waals surface area contributed by atoms with E-state index in [4.69, 9.17) is 37.9 Å². The van der Waals surface area contributed by atoms with Gasteiger partial charge in [-0.3, -0.25) is 0 Å². The number of aromatic nitrogens is 1. The molecule has 39 heavy (non-hydrogen) atoms. The fourth-order valence-corrected chi connectivity index (χ4v) is 6.19. The zero-order valence-electron chi connectivity index (χ0n) is 21.3. The number of thioether (sulfide) groups is 1. The summed E-state index contributed by atoms with van der Waals surface area (Å²) in [6.07, 6.45) is -0.0746. The largest absolute Gasteiger partial charge is 0.493 e. The van der Waals surface area contributed by atoms with Gasteiger partial charge >= 0.3 is 5.97 Å². The molecular formula is C30H26Cl2N2O4S. The number of halogens is 2. The highest BCUT2D eigenvalue weighted by molar-refractivity contribution is 8.00. The molecule has 1 aliphatic heterocycles. The second-order valence-electron chi connectivity index (χ2n) is 9.59. The van der Waals surface area contributed by atoms with E-state index in [0.717, 1.165) is 32.9 Å². The van der Waals surface area contributed by atoms with Crippen LogP contribution in [0.15, 0.2) is 82.8 Å². The van der Waals surface area contributed by atoms with E-state index in [1.165, 1.54) is 6.07 Å². The summed E-state index contributed by atoms with van der Waals surface area (Å²) < 4.78 is 6.21. The number of aromatic carboxylic acids is 1. The van der Waals surface area contributed by atoms with Crippen LogP contribution in [-0.4, -0.2) is 40.2 Å². The summed E-state index contributed by atoms with van der Waals surface area (Å²) in [4.78, 5) is 22.0. The second kappa shape index (κ2) is 11.9. The lowest BCUT2D eigenvalue weighted by Crippen LogP contribution is -2.33. The summed E-state index contributed by atoms with van der Waals surface area (Å²) in [5.41, 5.74) is 3.62. The maximum Gasteiger partial charge on any atom is 0.354 e. The van der Waals surface area contributed by atoms with Crippen LogP contribution >= 0.6 is 35.0 Å². The Morgan fingerprint density at radius 3 is 2.44 bits per heavy atom. The third-order valence-electron chi connectivity index (χ3n) is 6.58. The molecule has 0 fully saturated rings. The van der Waals surface area contributed by atoms with Crippen molar-refractivity contribution in [1.29, 1.82) is 0 Å². The Hall–Kier alpha value is -3.26. The van der Waals surface area contributed by atoms with E-state index in [1.807, 2.05) is 60.7 Å². The number of benzene rings is 3. The molecule has 2 atom stereocenters. The molecule has 6 nitrogen and oxygen atoms in total. The normalized spacial score (nSPS) is 16.8. The number of nitrogens with zero attached hydrogens (tertiary/aromatic N) is 2. The van der Waals surface area contributed by atoms with Gasteiger partial charge in [-0.2, -0.15) is 0 Å². The summed E-state index contributed by atoms with van der Waals surface area (Å²) in [5, 5.41) is 15.7. The third-order valence-corrected chi connectivity index (χ3v) is 8.60. The predicted molar refractivity (Wildman–Crippen MR) is 157 cm³/mol. The van der Waals surface area contributed by atoms with Gasteiger partial charge in [-0.1, -0.05) is 72.5 Å². The summed E-state index contributed by atoms with van der Waals surface area (Å²) in [5.74, 6) is 0.586. The molecule has 1 aliphatic rings. The van der Waals surface area contributed by atoms with Gasteiger partial charge in [-0.15, -0.1) is 11.8 Å². The number of oxime groups is 1. The van der Waals surface area contributed by atoms with E-state index < -0.39 is 5.97 Å². The lowest BCUT2D eigenvalue weighted by Gasteiger charge is -2.22. The molecule has 0 bridgehead atoms. The number of carboxylic acids is 1. The number of rotatable bonds is 9. The van der Waals surface area contributed by atoms with Gasteiger partial charge in [-0.05, 0) is 59.5 Å². The van der Waals surface area contributed by atoms with Crippen molar-refractivity contribution in [2.75, 3.05) is 12.4 Å². The molecule has 4 aromatic rings. The summed E-state index contributed by atoms with van der Waals surface area (Å²) in [6, 6.07) is 22.4. The van der Waals surface area contributed by atoms with Gasteiger partial charge in [-0.25, -0.2) is 9.78 Å². The minimum absolute atomic E-state index is 0.00196. The molecule has 9 heteroatoms. The fraction of sp³-hybridized carbons (Fsp3) is 0.233. The SMILES string of the molecule is CC(C)C1ON=C(CSc2c(Cl)cccc2Cl)C1COc1ccc(-c2ccc3nc(C(=O)O)ccc3c2)cc1. The fourth-order valence-electron chi connectivity index (χ4n) is 4.49. The number of hydrogen-bond donors (Lipinski definition) is 1. The average Bonchev–Trinajstić information content (AvgIpc) is 3.34. The van der Waals surface area contributed by atoms with Gasteiger partial charge in [0.25, 0.3) is 0 Å². The van der Waals surface area contributed by atoms with Crippen molar-refractivity contribution < 1.29 is 19.5 Å². The first-order valence-corrected chi connectivity index (χ1v) is 14.2. The van der Waals surface area contributed by atoms with E-state index in [9.17, 15) is 4.79 Å². The molecule has 2 heterocycles. The van der Waals surface area contributed by atoms with Gasteiger partial charge in [0.15, 0.2) is 0 Å². The number of pyridine rings is 1. The Morgan fingerprint density at radius 2 is 1.74 bits per heavy atom. The van der Waals surface area contributed by atoms with Crippen molar-refractivity contribution in [3.05, 3.63) is 88.5 Å². The third kappa shape index (κ3) is 6.16. The van der Waals surface area contributed by atoms with Gasteiger partial charge < -0.3 is 14.7 Å². The van der Waals surface area contributed by atoms with E-state index >= 15 is 0 Å². The first kappa shape index (κ1) is 27.3. The van der Waals surface area contributed by atoms with Gasteiger partial charge in [0, 0.05) is 16.0 Å². The van der Waals surface area contributed by atoms with Crippen LogP contribution in [0.25, 0.3) is 22.0 Å². The maximum atomic E-state index is 11.2. The molecule has 5 rings (SSSR count). The molecule has 0 aliphatic carbocycles. The monoisotopic (exact) mass is 580 g/mol. The highest BCUT2D eigenvalue weighted by Gasteiger charge is 2.37. The lowest BCUT2D eigenvalue weighted by molar-refractivity contribution is 0.0178. The number of carboxylic acid groups (broad SMARTS) is 1. The molecular weight excluding hydrogens is 555 g/mol. The molecule has 1 N–H and O–H groups in total.